The van der Waals surface area contributed by atoms with Gasteiger partial charge in [-0.05, 0) is 48.5 Å². The van der Waals surface area contributed by atoms with Gasteiger partial charge in [0.1, 0.15) is 17.2 Å². The van der Waals surface area contributed by atoms with Crippen LogP contribution in [0, 0.1) is 12.3 Å². The van der Waals surface area contributed by atoms with E-state index in [0.717, 1.165) is 12.1 Å². The number of hydrogen-bond acceptors (Lipinski definition) is 4. The molecular weight excluding hydrogens is 485 g/mol. The van der Waals surface area contributed by atoms with Crippen LogP contribution in [-0.4, -0.2) is 23.5 Å². The number of urea groups is 1. The predicted octanol–water partition coefficient (Wildman–Crippen LogP) is 5.94. The number of carbonyl (C=O) groups is 2. The second-order valence-corrected chi connectivity index (χ2v) is 7.39. The third kappa shape index (κ3) is 7.38. The molecule has 0 saturated carbocycles. The second-order valence-electron chi connectivity index (χ2n) is 6.98. The van der Waals surface area contributed by atoms with Crippen molar-refractivity contribution in [1.82, 2.24) is 10.3 Å². The van der Waals surface area contributed by atoms with Crippen molar-refractivity contribution in [2.24, 2.45) is 0 Å². The highest BCUT2D eigenvalue weighted by Gasteiger charge is 2.33. The fourth-order valence-corrected chi connectivity index (χ4v) is 3.02. The predicted molar refractivity (Wildman–Crippen MR) is 126 cm³/mol. The van der Waals surface area contributed by atoms with Gasteiger partial charge in [0.15, 0.2) is 0 Å². The van der Waals surface area contributed by atoms with Crippen molar-refractivity contribution in [1.29, 1.82) is 0 Å². The van der Waals surface area contributed by atoms with E-state index in [0.29, 0.717) is 30.2 Å². The van der Waals surface area contributed by atoms with Gasteiger partial charge in [0.2, 0.25) is 0 Å². The van der Waals surface area contributed by atoms with Gasteiger partial charge in [-0.25, -0.2) is 4.79 Å². The van der Waals surface area contributed by atoms with E-state index in [1.807, 2.05) is 0 Å². The van der Waals surface area contributed by atoms with E-state index in [2.05, 4.69) is 26.9 Å². The average molecular weight is 503 g/mol. The van der Waals surface area contributed by atoms with E-state index >= 15 is 0 Å². The van der Waals surface area contributed by atoms with Crippen molar-refractivity contribution in [3.05, 3.63) is 77.1 Å². The zero-order valence-electron chi connectivity index (χ0n) is 17.9. The van der Waals surface area contributed by atoms with Crippen molar-refractivity contribution < 1.29 is 27.5 Å². The number of pyridine rings is 1. The van der Waals surface area contributed by atoms with E-state index < -0.39 is 22.8 Å². The number of halogens is 4. The zero-order chi connectivity index (χ0) is 25.4. The summed E-state index contributed by atoms with van der Waals surface area (Å²) in [5.74, 6) is 2.81. The summed E-state index contributed by atoms with van der Waals surface area (Å²) in [4.78, 5) is 28.3. The lowest BCUT2D eigenvalue weighted by Gasteiger charge is -2.12. The second kappa shape index (κ2) is 11.3. The van der Waals surface area contributed by atoms with Gasteiger partial charge in [0.25, 0.3) is 5.91 Å². The van der Waals surface area contributed by atoms with Crippen molar-refractivity contribution in [3.63, 3.8) is 0 Å². The van der Waals surface area contributed by atoms with Crippen LogP contribution in [0.25, 0.3) is 0 Å². The fourth-order valence-electron chi connectivity index (χ4n) is 2.79. The molecule has 3 N–H and O–H groups in total. The number of alkyl halides is 3. The first-order valence-electron chi connectivity index (χ1n) is 10.1. The molecule has 3 rings (SSSR count). The molecule has 11 heteroatoms. The van der Waals surface area contributed by atoms with Gasteiger partial charge in [0.05, 0.1) is 10.6 Å². The SMILES string of the molecule is C#CCCNC(=O)c1cc(Oc2ccc(NC(=O)Nc3ccc(Cl)c(C(F)(F)F)c3)cc2)ccn1. The Kier molecular flexibility index (Phi) is 8.17. The Morgan fingerprint density at radius 1 is 1.00 bits per heavy atom. The topological polar surface area (TPSA) is 92.4 Å². The lowest BCUT2D eigenvalue weighted by molar-refractivity contribution is -0.137. The van der Waals surface area contributed by atoms with Gasteiger partial charge in [-0.15, -0.1) is 12.3 Å². The molecule has 2 aromatic carbocycles. The molecule has 0 aliphatic rings. The number of nitrogens with one attached hydrogen (secondary N) is 3. The number of nitrogens with zero attached hydrogens (tertiary/aromatic N) is 1. The Morgan fingerprint density at radius 3 is 2.37 bits per heavy atom. The van der Waals surface area contributed by atoms with Crippen LogP contribution in [-0.2, 0) is 6.18 Å². The number of anilines is 2. The minimum absolute atomic E-state index is 0.0732. The molecule has 0 saturated heterocycles. The maximum Gasteiger partial charge on any atom is 0.417 e. The molecule has 0 atom stereocenters. The molecule has 1 heterocycles. The quantitative estimate of drug-likeness (QED) is 0.275. The van der Waals surface area contributed by atoms with Crippen LogP contribution in [0.1, 0.15) is 22.5 Å². The molecule has 0 radical (unpaired) electrons. The normalized spacial score (nSPS) is 10.7. The lowest BCUT2D eigenvalue weighted by Crippen LogP contribution is -2.25. The van der Waals surface area contributed by atoms with Gasteiger partial charge in [-0.3, -0.25) is 9.78 Å². The summed E-state index contributed by atoms with van der Waals surface area (Å²) in [6.45, 7) is 0.325. The van der Waals surface area contributed by atoms with Crippen molar-refractivity contribution in [3.8, 4) is 23.8 Å². The number of rotatable bonds is 7. The molecule has 0 fully saturated rings. The van der Waals surface area contributed by atoms with E-state index in [4.69, 9.17) is 22.8 Å². The number of hydrogen-bond donors (Lipinski definition) is 3. The summed E-state index contributed by atoms with van der Waals surface area (Å²) in [5, 5.41) is 7.00. The molecule has 180 valence electrons. The van der Waals surface area contributed by atoms with Crippen molar-refractivity contribution in [2.45, 2.75) is 12.6 Å². The molecule has 7 nitrogen and oxygen atoms in total. The summed E-state index contributed by atoms with van der Waals surface area (Å²) >= 11 is 5.58. The summed E-state index contributed by atoms with van der Waals surface area (Å²) < 4.78 is 44.6. The molecule has 35 heavy (non-hydrogen) atoms. The van der Waals surface area contributed by atoms with Gasteiger partial charge in [-0.1, -0.05) is 11.6 Å². The summed E-state index contributed by atoms with van der Waals surface area (Å²) in [6.07, 6.45) is 2.32. The molecule has 0 aliphatic heterocycles. The largest absolute Gasteiger partial charge is 0.457 e. The molecule has 0 bridgehead atoms. The van der Waals surface area contributed by atoms with Gasteiger partial charge in [0, 0.05) is 36.6 Å². The third-order valence-corrected chi connectivity index (χ3v) is 4.73. The number of terminal acetylenes is 1. The van der Waals surface area contributed by atoms with E-state index in [1.165, 1.54) is 30.5 Å². The van der Waals surface area contributed by atoms with Gasteiger partial charge >= 0.3 is 12.2 Å². The summed E-state index contributed by atoms with van der Waals surface area (Å²) in [5.41, 5.74) is -0.604. The highest BCUT2D eigenvalue weighted by molar-refractivity contribution is 6.31. The zero-order valence-corrected chi connectivity index (χ0v) is 18.7. The Morgan fingerprint density at radius 2 is 1.69 bits per heavy atom. The van der Waals surface area contributed by atoms with Crippen LogP contribution < -0.4 is 20.7 Å². The Hall–Kier alpha value is -4.23. The first-order chi connectivity index (χ1) is 16.7. The van der Waals surface area contributed by atoms with Crippen LogP contribution in [0.15, 0.2) is 60.8 Å². The van der Waals surface area contributed by atoms with Crippen LogP contribution in [0.3, 0.4) is 0 Å². The molecule has 1 aromatic heterocycles. The van der Waals surface area contributed by atoms with Crippen LogP contribution in [0.4, 0.5) is 29.3 Å². The monoisotopic (exact) mass is 502 g/mol. The number of amides is 3. The molecule has 0 unspecified atom stereocenters. The molecule has 3 amide bonds. The highest BCUT2D eigenvalue weighted by atomic mass is 35.5. The highest BCUT2D eigenvalue weighted by Crippen LogP contribution is 2.36. The smallest absolute Gasteiger partial charge is 0.417 e. The summed E-state index contributed by atoms with van der Waals surface area (Å²) in [7, 11) is 0. The number of benzene rings is 2. The van der Waals surface area contributed by atoms with Crippen molar-refractivity contribution in [2.75, 3.05) is 17.2 Å². The number of ether oxygens (including phenoxy) is 1. The fraction of sp³-hybridized carbons (Fsp3) is 0.125. The van der Waals surface area contributed by atoms with Crippen molar-refractivity contribution >= 4 is 34.9 Å². The maximum absolute atomic E-state index is 13.0. The Bertz CT molecular complexity index is 1260. The molecular formula is C24H18ClF3N4O3. The molecule has 0 spiro atoms. The van der Waals surface area contributed by atoms with E-state index in [1.54, 1.807) is 18.2 Å². The first kappa shape index (κ1) is 25.4. The lowest BCUT2D eigenvalue weighted by atomic mass is 10.2. The minimum atomic E-state index is -4.65. The van der Waals surface area contributed by atoms with Gasteiger partial charge in [-0.2, -0.15) is 13.2 Å². The van der Waals surface area contributed by atoms with Crippen LogP contribution in [0.5, 0.6) is 11.5 Å². The third-order valence-electron chi connectivity index (χ3n) is 4.40. The maximum atomic E-state index is 13.0. The average Bonchev–Trinajstić information content (AvgIpc) is 2.81. The van der Waals surface area contributed by atoms with E-state index in [9.17, 15) is 22.8 Å². The number of aromatic nitrogens is 1. The van der Waals surface area contributed by atoms with Crippen LogP contribution >= 0.6 is 11.6 Å². The molecule has 0 aliphatic carbocycles. The van der Waals surface area contributed by atoms with Crippen LogP contribution in [0.2, 0.25) is 5.02 Å². The summed E-state index contributed by atoms with van der Waals surface area (Å²) in [6, 6.07) is 11.5. The standard InChI is InChI=1S/C24H18ClF3N4O3/c1-2-3-11-30-22(33)21-14-18(10-12-29-21)35-17-7-4-15(5-8-17)31-23(34)32-16-6-9-20(25)19(13-16)24(26,27)28/h1,4-10,12-14H,3,11H2,(H,30,33)(H2,31,32,34). The Labute approximate surface area is 203 Å². The minimum Gasteiger partial charge on any atom is -0.457 e. The van der Waals surface area contributed by atoms with Gasteiger partial charge < -0.3 is 20.7 Å². The first-order valence-corrected chi connectivity index (χ1v) is 10.4. The molecule has 3 aromatic rings. The number of carbonyl (C=O) groups excluding carboxylic acids is 2. The Balaban J connectivity index is 1.59. The van der Waals surface area contributed by atoms with E-state index in [-0.39, 0.29) is 17.3 Å².